The van der Waals surface area contributed by atoms with Gasteiger partial charge in [-0.1, -0.05) is 0 Å². The predicted octanol–water partition coefficient (Wildman–Crippen LogP) is 0.996. The van der Waals surface area contributed by atoms with Crippen LogP contribution in [0.2, 0.25) is 0 Å². The molecule has 0 saturated carbocycles. The Bertz CT molecular complexity index is 419. The number of nitrogens with zero attached hydrogens (tertiary/aromatic N) is 2. The van der Waals surface area contributed by atoms with Crippen LogP contribution in [0.25, 0.3) is 0 Å². The molecular weight excluding hydrogens is 230 g/mol. The van der Waals surface area contributed by atoms with Gasteiger partial charge in [0, 0.05) is 25.6 Å². The summed E-state index contributed by atoms with van der Waals surface area (Å²) in [5, 5.41) is 3.74. The van der Waals surface area contributed by atoms with E-state index in [0.717, 1.165) is 11.4 Å². The number of rotatable bonds is 4. The minimum atomic E-state index is 0.112. The van der Waals surface area contributed by atoms with E-state index >= 15 is 0 Å². The van der Waals surface area contributed by atoms with Gasteiger partial charge in [-0.05, 0) is 31.2 Å². The van der Waals surface area contributed by atoms with Gasteiger partial charge in [-0.2, -0.15) is 0 Å². The van der Waals surface area contributed by atoms with Gasteiger partial charge in [0.2, 0.25) is 5.91 Å². The van der Waals surface area contributed by atoms with E-state index in [-0.39, 0.29) is 11.9 Å². The lowest BCUT2D eigenvalue weighted by molar-refractivity contribution is -0.118. The van der Waals surface area contributed by atoms with Gasteiger partial charge in [0.05, 0.1) is 12.8 Å². The Balaban J connectivity index is 2.25. The Hall–Kier alpha value is -1.59. The van der Waals surface area contributed by atoms with Crippen LogP contribution in [0.15, 0.2) is 24.3 Å². The smallest absolute Gasteiger partial charge is 0.243 e. The molecule has 1 fully saturated rings. The van der Waals surface area contributed by atoms with Crippen molar-refractivity contribution in [1.29, 1.82) is 0 Å². The topological polar surface area (TPSA) is 58.8 Å². The molecule has 1 aliphatic heterocycles. The highest BCUT2D eigenvalue weighted by molar-refractivity contribution is 5.94. The van der Waals surface area contributed by atoms with Crippen LogP contribution in [0.5, 0.6) is 5.75 Å². The fraction of sp³-hybridized carbons (Fsp3) is 0.462. The number of carbonyl (C=O) groups excluding carboxylic acids is 1. The zero-order valence-corrected chi connectivity index (χ0v) is 10.8. The third-order valence-corrected chi connectivity index (χ3v) is 3.15. The second-order valence-corrected chi connectivity index (χ2v) is 4.41. The summed E-state index contributed by atoms with van der Waals surface area (Å²) >= 11 is 0. The number of methoxy groups -OCH3 is 1. The Morgan fingerprint density at radius 3 is 2.61 bits per heavy atom. The summed E-state index contributed by atoms with van der Waals surface area (Å²) in [4.78, 5) is 12.0. The fourth-order valence-electron chi connectivity index (χ4n) is 2.25. The van der Waals surface area contributed by atoms with Crippen molar-refractivity contribution in [2.75, 3.05) is 25.2 Å². The first-order valence-corrected chi connectivity index (χ1v) is 6.11. The molecule has 1 heterocycles. The zero-order valence-electron chi connectivity index (χ0n) is 10.8. The molecule has 1 aliphatic rings. The maximum absolute atomic E-state index is 12.0. The molecule has 1 aromatic rings. The Labute approximate surface area is 107 Å². The lowest BCUT2D eigenvalue weighted by Gasteiger charge is -2.30. The van der Waals surface area contributed by atoms with E-state index in [9.17, 15) is 4.79 Å². The fourth-order valence-corrected chi connectivity index (χ4v) is 2.25. The summed E-state index contributed by atoms with van der Waals surface area (Å²) in [5.74, 6) is 0.893. The minimum absolute atomic E-state index is 0.112. The summed E-state index contributed by atoms with van der Waals surface area (Å²) in [6, 6.07) is 7.68. The monoisotopic (exact) mass is 249 g/mol. The molecule has 0 bridgehead atoms. The molecule has 0 aromatic heterocycles. The van der Waals surface area contributed by atoms with Crippen molar-refractivity contribution >= 4 is 11.6 Å². The Morgan fingerprint density at radius 2 is 2.06 bits per heavy atom. The number of hydrogen-bond acceptors (Lipinski definition) is 4. The number of amides is 1. The number of benzene rings is 1. The number of carbonyl (C=O) groups is 1. The van der Waals surface area contributed by atoms with Crippen LogP contribution < -0.4 is 15.5 Å². The molecular formula is C13H19N3O2. The second kappa shape index (κ2) is 5.37. The molecule has 0 radical (unpaired) electrons. The van der Waals surface area contributed by atoms with Gasteiger partial charge in [-0.25, -0.2) is 10.0 Å². The number of nitrogens with two attached hydrogens (primary N) is 1. The van der Waals surface area contributed by atoms with E-state index < -0.39 is 0 Å². The summed E-state index contributed by atoms with van der Waals surface area (Å²) in [6.45, 7) is 3.25. The van der Waals surface area contributed by atoms with Crippen LogP contribution >= 0.6 is 0 Å². The lowest BCUT2D eigenvalue weighted by atomic mass is 10.2. The van der Waals surface area contributed by atoms with Crippen molar-refractivity contribution in [3.05, 3.63) is 24.3 Å². The standard InChI is InChI=1S/C13H19N3O2/c1-10-9-13(17)16(15(10)8-7-14)11-3-5-12(18-2)6-4-11/h3-6,10H,7-9,14H2,1-2H3. The summed E-state index contributed by atoms with van der Waals surface area (Å²) < 4.78 is 5.12. The van der Waals surface area contributed by atoms with Crippen LogP contribution in [0.4, 0.5) is 5.69 Å². The molecule has 1 atom stereocenters. The molecule has 1 saturated heterocycles. The van der Waals surface area contributed by atoms with E-state index in [2.05, 4.69) is 0 Å². The summed E-state index contributed by atoms with van der Waals surface area (Å²) in [5.41, 5.74) is 6.46. The molecule has 2 rings (SSSR count). The number of hydrazine groups is 1. The quantitative estimate of drug-likeness (QED) is 0.864. The average molecular weight is 249 g/mol. The molecule has 1 aromatic carbocycles. The second-order valence-electron chi connectivity index (χ2n) is 4.41. The van der Waals surface area contributed by atoms with Gasteiger partial charge in [-0.3, -0.25) is 4.79 Å². The molecule has 5 heteroatoms. The van der Waals surface area contributed by atoms with Crippen molar-refractivity contribution < 1.29 is 9.53 Å². The highest BCUT2D eigenvalue weighted by Gasteiger charge is 2.35. The van der Waals surface area contributed by atoms with E-state index in [1.165, 1.54) is 0 Å². The summed E-state index contributed by atoms with van der Waals surface area (Å²) in [6.07, 6.45) is 0.534. The van der Waals surface area contributed by atoms with Gasteiger partial charge >= 0.3 is 0 Å². The highest BCUT2D eigenvalue weighted by atomic mass is 16.5. The van der Waals surface area contributed by atoms with Crippen molar-refractivity contribution in [3.8, 4) is 5.75 Å². The first-order valence-electron chi connectivity index (χ1n) is 6.11. The lowest BCUT2D eigenvalue weighted by Crippen LogP contribution is -2.44. The molecule has 98 valence electrons. The van der Waals surface area contributed by atoms with E-state index in [1.807, 2.05) is 36.2 Å². The third-order valence-electron chi connectivity index (χ3n) is 3.15. The number of hydrogen-bond donors (Lipinski definition) is 1. The van der Waals surface area contributed by atoms with E-state index in [0.29, 0.717) is 19.5 Å². The van der Waals surface area contributed by atoms with Gasteiger partial charge in [0.25, 0.3) is 0 Å². The van der Waals surface area contributed by atoms with E-state index in [1.54, 1.807) is 12.1 Å². The van der Waals surface area contributed by atoms with Crippen molar-refractivity contribution in [2.24, 2.45) is 5.73 Å². The normalized spacial score (nSPS) is 20.5. The largest absolute Gasteiger partial charge is 0.497 e. The van der Waals surface area contributed by atoms with Gasteiger partial charge in [0.15, 0.2) is 0 Å². The molecule has 0 spiro atoms. The Kier molecular flexibility index (Phi) is 3.84. The first-order chi connectivity index (χ1) is 8.67. The van der Waals surface area contributed by atoms with Gasteiger partial charge in [-0.15, -0.1) is 0 Å². The van der Waals surface area contributed by atoms with Crippen molar-refractivity contribution in [3.63, 3.8) is 0 Å². The van der Waals surface area contributed by atoms with E-state index in [4.69, 9.17) is 10.5 Å². The average Bonchev–Trinajstić information content (AvgIpc) is 2.65. The molecule has 2 N–H and O–H groups in total. The predicted molar refractivity (Wildman–Crippen MR) is 70.3 cm³/mol. The van der Waals surface area contributed by atoms with Gasteiger partial charge in [0.1, 0.15) is 5.75 Å². The van der Waals surface area contributed by atoms with Crippen LogP contribution in [-0.2, 0) is 4.79 Å². The SMILES string of the molecule is COc1ccc(N2C(=O)CC(C)N2CCN)cc1. The first kappa shape index (κ1) is 12.9. The van der Waals surface area contributed by atoms with Gasteiger partial charge < -0.3 is 10.5 Å². The van der Waals surface area contributed by atoms with Crippen LogP contribution in [0.3, 0.4) is 0 Å². The number of anilines is 1. The highest BCUT2D eigenvalue weighted by Crippen LogP contribution is 2.27. The van der Waals surface area contributed by atoms with Crippen molar-refractivity contribution in [2.45, 2.75) is 19.4 Å². The third kappa shape index (κ3) is 2.32. The molecule has 0 aliphatic carbocycles. The molecule has 1 unspecified atom stereocenters. The van der Waals surface area contributed by atoms with Crippen LogP contribution in [-0.4, -0.2) is 37.2 Å². The minimum Gasteiger partial charge on any atom is -0.497 e. The zero-order chi connectivity index (χ0) is 13.1. The van der Waals surface area contributed by atoms with Crippen molar-refractivity contribution in [1.82, 2.24) is 5.01 Å². The molecule has 5 nitrogen and oxygen atoms in total. The van der Waals surface area contributed by atoms with Crippen LogP contribution in [0.1, 0.15) is 13.3 Å². The van der Waals surface area contributed by atoms with Crippen LogP contribution in [0, 0.1) is 0 Å². The molecule has 18 heavy (non-hydrogen) atoms. The maximum Gasteiger partial charge on any atom is 0.243 e. The summed E-state index contributed by atoms with van der Waals surface area (Å²) in [7, 11) is 1.62. The Morgan fingerprint density at radius 1 is 1.39 bits per heavy atom. The number of ether oxygens (including phenoxy) is 1. The molecule has 1 amide bonds. The maximum atomic E-state index is 12.0.